The average Bonchev–Trinajstić information content (AvgIpc) is 1.21. The molecule has 0 heterocycles. The van der Waals surface area contributed by atoms with E-state index >= 15 is 0 Å². The molecule has 0 aromatic carbocycles. The van der Waals surface area contributed by atoms with Gasteiger partial charge in [-0.3, -0.25) is 0 Å². The second-order valence-corrected chi connectivity index (χ2v) is 1.96. The van der Waals surface area contributed by atoms with Crippen molar-refractivity contribution >= 4 is 11.1 Å². The summed E-state index contributed by atoms with van der Waals surface area (Å²) in [6.07, 6.45) is -4.59. The Morgan fingerprint density at radius 3 is 1.75 bits per heavy atom. The molecule has 2 nitrogen and oxygen atoms in total. The molecule has 49 valence electrons. The van der Waals surface area contributed by atoms with Crippen LogP contribution in [0.25, 0.3) is 0 Å². The molecule has 0 saturated heterocycles. The molecule has 0 rings (SSSR count). The van der Waals surface area contributed by atoms with E-state index in [4.69, 9.17) is 0 Å². The standard InChI is InChI=1S/C2H2F3O2S/c3-2(4,5)1-8(6)7/h1H2. The maximum absolute atomic E-state index is 10.9. The normalized spacial score (nSPS) is 16.0. The molecule has 0 aliphatic rings. The molecule has 0 aliphatic heterocycles. The fraction of sp³-hybridized carbons (Fsp3) is 1.00. The van der Waals surface area contributed by atoms with Gasteiger partial charge < -0.3 is 0 Å². The third kappa shape index (κ3) is 5.90. The molecule has 0 saturated carbocycles. The first kappa shape index (κ1) is 7.90. The Hall–Kier alpha value is -0.100. The van der Waals surface area contributed by atoms with Gasteiger partial charge in [0, 0.05) is 0 Å². The largest absolute Gasteiger partial charge is 0.402 e. The topological polar surface area (TPSA) is 37.0 Å². The van der Waals surface area contributed by atoms with Crippen LogP contribution in [-0.2, 0) is 15.6 Å². The number of hydrogen-bond acceptors (Lipinski definition) is 1. The summed E-state index contributed by atoms with van der Waals surface area (Å²) in [5, 5.41) is 0. The lowest BCUT2D eigenvalue weighted by Gasteiger charge is -1.98. The van der Waals surface area contributed by atoms with Gasteiger partial charge in [0.25, 0.3) is 0 Å². The molecule has 0 aliphatic carbocycles. The van der Waals surface area contributed by atoms with Gasteiger partial charge >= 0.3 is 6.18 Å². The molecule has 8 heavy (non-hydrogen) atoms. The Balaban J connectivity index is 3.55. The van der Waals surface area contributed by atoms with Crippen LogP contribution in [0.15, 0.2) is 0 Å². The van der Waals surface area contributed by atoms with E-state index in [9.17, 15) is 21.9 Å². The highest BCUT2D eigenvalue weighted by atomic mass is 32.2. The van der Waals surface area contributed by atoms with Crippen LogP contribution in [0.5, 0.6) is 0 Å². The predicted molar refractivity (Wildman–Crippen MR) is 19.8 cm³/mol. The molecule has 0 bridgehead atoms. The summed E-state index contributed by atoms with van der Waals surface area (Å²) in [6.45, 7) is 0. The molecule has 0 spiro atoms. The van der Waals surface area contributed by atoms with E-state index in [1.165, 1.54) is 0 Å². The monoisotopic (exact) mass is 147 g/mol. The molecule has 0 N–H and O–H groups in total. The summed E-state index contributed by atoms with van der Waals surface area (Å²) in [4.78, 5) is 0. The Morgan fingerprint density at radius 1 is 1.38 bits per heavy atom. The van der Waals surface area contributed by atoms with Crippen LogP contribution in [0, 0.1) is 0 Å². The third-order valence-electron chi connectivity index (χ3n) is 0.282. The van der Waals surface area contributed by atoms with Gasteiger partial charge in [0.1, 0.15) is 5.75 Å². The highest BCUT2D eigenvalue weighted by molar-refractivity contribution is 7.79. The highest BCUT2D eigenvalue weighted by Gasteiger charge is 2.30. The Labute approximate surface area is 46.0 Å². The second kappa shape index (κ2) is 2.45. The number of alkyl halides is 3. The van der Waals surface area contributed by atoms with E-state index in [-0.39, 0.29) is 0 Å². The first-order valence-corrected chi connectivity index (χ1v) is 2.79. The van der Waals surface area contributed by atoms with E-state index in [0.29, 0.717) is 0 Å². The van der Waals surface area contributed by atoms with Crippen LogP contribution in [0.4, 0.5) is 13.2 Å². The van der Waals surface area contributed by atoms with Crippen molar-refractivity contribution in [1.82, 2.24) is 0 Å². The summed E-state index contributed by atoms with van der Waals surface area (Å²) in [5.41, 5.74) is 0. The van der Waals surface area contributed by atoms with Crippen LogP contribution < -0.4 is 0 Å². The maximum atomic E-state index is 10.9. The zero-order chi connectivity index (χ0) is 6.78. The zero-order valence-corrected chi connectivity index (χ0v) is 4.38. The summed E-state index contributed by atoms with van der Waals surface area (Å²) in [5.74, 6) is -1.76. The second-order valence-electron chi connectivity index (χ2n) is 1.06. The van der Waals surface area contributed by atoms with Crippen molar-refractivity contribution in [3.63, 3.8) is 0 Å². The van der Waals surface area contributed by atoms with Crippen molar-refractivity contribution in [1.29, 1.82) is 0 Å². The minimum Gasteiger partial charge on any atom is -0.227 e. The van der Waals surface area contributed by atoms with Gasteiger partial charge in [-0.1, -0.05) is 0 Å². The summed E-state index contributed by atoms with van der Waals surface area (Å²) >= 11 is -3.01. The first-order valence-electron chi connectivity index (χ1n) is 1.54. The molecule has 1 unspecified atom stereocenters. The van der Waals surface area contributed by atoms with E-state index < -0.39 is 23.0 Å². The molecule has 6 heteroatoms. The summed E-state index contributed by atoms with van der Waals surface area (Å²) in [7, 11) is 0. The summed E-state index contributed by atoms with van der Waals surface area (Å²) < 4.78 is 51.3. The van der Waals surface area contributed by atoms with Crippen LogP contribution in [0.3, 0.4) is 0 Å². The minimum atomic E-state index is -4.59. The molecule has 0 aromatic rings. The van der Waals surface area contributed by atoms with Gasteiger partial charge in [0.15, 0.2) is 11.1 Å². The fourth-order valence-electron chi connectivity index (χ4n) is 0.134. The average molecular weight is 147 g/mol. The van der Waals surface area contributed by atoms with Crippen molar-refractivity contribution in [2.24, 2.45) is 0 Å². The third-order valence-corrected chi connectivity index (χ3v) is 0.845. The van der Waals surface area contributed by atoms with Crippen LogP contribution in [0.2, 0.25) is 0 Å². The van der Waals surface area contributed by atoms with Crippen molar-refractivity contribution in [2.75, 3.05) is 5.75 Å². The Morgan fingerprint density at radius 2 is 1.75 bits per heavy atom. The van der Waals surface area contributed by atoms with Crippen molar-refractivity contribution in [3.8, 4) is 0 Å². The highest BCUT2D eigenvalue weighted by Crippen LogP contribution is 2.14. The van der Waals surface area contributed by atoms with E-state index in [2.05, 4.69) is 0 Å². The SMILES string of the molecule is [O]S(=O)CC(F)(F)F. The molecular weight excluding hydrogens is 145 g/mol. The van der Waals surface area contributed by atoms with Crippen molar-refractivity contribution in [3.05, 3.63) is 0 Å². The molecule has 0 aromatic heterocycles. The molecular formula is C2H2F3O2S. The Bertz CT molecular complexity index is 97.9. The minimum absolute atomic E-state index is 1.76. The number of halogens is 3. The summed E-state index contributed by atoms with van der Waals surface area (Å²) in [6, 6.07) is 0. The maximum Gasteiger partial charge on any atom is 0.402 e. The van der Waals surface area contributed by atoms with Gasteiger partial charge in [-0.2, -0.15) is 13.2 Å². The molecule has 0 fully saturated rings. The lowest BCUT2D eigenvalue weighted by atomic mass is 10.8. The quantitative estimate of drug-likeness (QED) is 0.536. The Kier molecular flexibility index (Phi) is 2.42. The lowest BCUT2D eigenvalue weighted by molar-refractivity contribution is -0.106. The smallest absolute Gasteiger partial charge is 0.227 e. The number of hydrogen-bond donors (Lipinski definition) is 0. The molecule has 1 radical (unpaired) electrons. The van der Waals surface area contributed by atoms with Crippen molar-refractivity contribution < 1.29 is 21.9 Å². The van der Waals surface area contributed by atoms with Gasteiger partial charge in [-0.15, -0.1) is 4.55 Å². The number of rotatable bonds is 1. The first-order chi connectivity index (χ1) is 3.42. The van der Waals surface area contributed by atoms with Gasteiger partial charge in [0.05, 0.1) is 0 Å². The van der Waals surface area contributed by atoms with E-state index in [1.807, 2.05) is 0 Å². The van der Waals surface area contributed by atoms with Crippen LogP contribution >= 0.6 is 0 Å². The van der Waals surface area contributed by atoms with Crippen LogP contribution in [0.1, 0.15) is 0 Å². The van der Waals surface area contributed by atoms with Gasteiger partial charge in [-0.05, 0) is 0 Å². The predicted octanol–water partition coefficient (Wildman–Crippen LogP) is 0.643. The molecule has 0 amide bonds. The molecule has 1 atom stereocenters. The van der Waals surface area contributed by atoms with Crippen LogP contribution in [-0.4, -0.2) is 16.1 Å². The van der Waals surface area contributed by atoms with E-state index in [0.717, 1.165) is 0 Å². The van der Waals surface area contributed by atoms with Gasteiger partial charge in [-0.25, -0.2) is 4.21 Å². The zero-order valence-electron chi connectivity index (χ0n) is 3.57. The lowest BCUT2D eigenvalue weighted by Crippen LogP contribution is -2.16. The van der Waals surface area contributed by atoms with Gasteiger partial charge in [0.2, 0.25) is 0 Å². The fourth-order valence-corrected chi connectivity index (χ4v) is 0.401. The van der Waals surface area contributed by atoms with Crippen molar-refractivity contribution in [2.45, 2.75) is 6.18 Å². The van der Waals surface area contributed by atoms with E-state index in [1.54, 1.807) is 0 Å².